The van der Waals surface area contributed by atoms with Gasteiger partial charge in [0.1, 0.15) is 5.82 Å². The highest BCUT2D eigenvalue weighted by Crippen LogP contribution is 2.34. The van der Waals surface area contributed by atoms with Crippen molar-refractivity contribution in [3.8, 4) is 0 Å². The van der Waals surface area contributed by atoms with Gasteiger partial charge >= 0.3 is 5.97 Å². The number of halogens is 1. The summed E-state index contributed by atoms with van der Waals surface area (Å²) in [6, 6.07) is 9.12. The maximum atomic E-state index is 13.2. The molecule has 2 fully saturated rings. The zero-order valence-corrected chi connectivity index (χ0v) is 19.8. The molecule has 1 atom stereocenters. The van der Waals surface area contributed by atoms with Crippen molar-refractivity contribution in [3.05, 3.63) is 52.7 Å². The van der Waals surface area contributed by atoms with Crippen LogP contribution in [0.5, 0.6) is 0 Å². The summed E-state index contributed by atoms with van der Waals surface area (Å²) in [6.45, 7) is 1.05. The number of carbonyl (C=O) groups excluding carboxylic acids is 1. The summed E-state index contributed by atoms with van der Waals surface area (Å²) in [6.07, 6.45) is 0.961. The smallest absolute Gasteiger partial charge is 0.309 e. The monoisotopic (exact) mass is 508 g/mol. The fraction of sp³-hybridized carbons (Fsp3) is 0.435. The maximum absolute atomic E-state index is 13.2. The molecule has 1 saturated carbocycles. The number of benzene rings is 1. The number of carbonyl (C=O) groups is 2. The standard InChI is InChI=1S/C23H25ClN2O7S/c24-18-7-8-20(25-19(18)13-21(27)28)26-23(29)22(33-15-9-11-32-12-10-15)14-1-3-16(4-2-14)34(30,31)17-5-6-17/h1-4,7-8,15,17,22H,5-6,9-13H2,(H,27,28)(H,25,26,29). The molecular weight excluding hydrogens is 484 g/mol. The molecule has 34 heavy (non-hydrogen) atoms. The molecule has 1 unspecified atom stereocenters. The molecule has 1 aliphatic heterocycles. The molecule has 1 aromatic carbocycles. The van der Waals surface area contributed by atoms with Gasteiger partial charge in [-0.1, -0.05) is 23.7 Å². The highest BCUT2D eigenvalue weighted by atomic mass is 35.5. The quantitative estimate of drug-likeness (QED) is 0.528. The van der Waals surface area contributed by atoms with E-state index in [2.05, 4.69) is 10.3 Å². The Hall–Kier alpha value is -2.53. The lowest BCUT2D eigenvalue weighted by Crippen LogP contribution is -2.31. The Morgan fingerprint density at radius 2 is 1.79 bits per heavy atom. The molecular formula is C23H25ClN2O7S. The van der Waals surface area contributed by atoms with Crippen LogP contribution in [0.1, 0.15) is 43.0 Å². The number of hydrogen-bond acceptors (Lipinski definition) is 7. The molecule has 1 aliphatic carbocycles. The third kappa shape index (κ3) is 5.93. The molecule has 1 amide bonds. The highest BCUT2D eigenvalue weighted by molar-refractivity contribution is 7.92. The second kappa shape index (κ2) is 10.4. The van der Waals surface area contributed by atoms with Crippen molar-refractivity contribution in [2.24, 2.45) is 0 Å². The highest BCUT2D eigenvalue weighted by Gasteiger charge is 2.37. The molecule has 0 spiro atoms. The van der Waals surface area contributed by atoms with Gasteiger partial charge in [0.15, 0.2) is 15.9 Å². The number of nitrogens with zero attached hydrogens (tertiary/aromatic N) is 1. The summed E-state index contributed by atoms with van der Waals surface area (Å²) in [5, 5.41) is 11.6. The molecule has 2 N–H and O–H groups in total. The molecule has 2 aromatic rings. The van der Waals surface area contributed by atoms with Crippen LogP contribution in [-0.4, -0.2) is 55.0 Å². The van der Waals surface area contributed by atoms with E-state index in [1.165, 1.54) is 24.3 Å². The largest absolute Gasteiger partial charge is 0.481 e. The molecule has 0 bridgehead atoms. The van der Waals surface area contributed by atoms with Crippen LogP contribution in [0.15, 0.2) is 41.3 Å². The topological polar surface area (TPSA) is 132 Å². The Balaban J connectivity index is 1.57. The Labute approximate surface area is 202 Å². The molecule has 9 nitrogen and oxygen atoms in total. The Bertz CT molecular complexity index is 1160. The first-order chi connectivity index (χ1) is 16.2. The second-order valence-corrected chi connectivity index (χ2v) is 11.0. The molecule has 11 heteroatoms. The van der Waals surface area contributed by atoms with E-state index in [1.54, 1.807) is 12.1 Å². The third-order valence-corrected chi connectivity index (χ3v) is 8.32. The molecule has 1 saturated heterocycles. The van der Waals surface area contributed by atoms with Gasteiger partial charge < -0.3 is 19.9 Å². The van der Waals surface area contributed by atoms with Crippen molar-refractivity contribution in [3.63, 3.8) is 0 Å². The number of amides is 1. The van der Waals surface area contributed by atoms with Crippen molar-refractivity contribution >= 4 is 39.1 Å². The first-order valence-electron chi connectivity index (χ1n) is 11.0. The Morgan fingerprint density at radius 3 is 2.41 bits per heavy atom. The predicted octanol–water partition coefficient (Wildman–Crippen LogP) is 3.17. The third-order valence-electron chi connectivity index (χ3n) is 5.70. The van der Waals surface area contributed by atoms with E-state index in [0.29, 0.717) is 44.5 Å². The van der Waals surface area contributed by atoms with E-state index in [1.807, 2.05) is 0 Å². The average Bonchev–Trinajstić information content (AvgIpc) is 3.66. The number of carboxylic acids is 1. The number of ether oxygens (including phenoxy) is 2. The van der Waals surface area contributed by atoms with E-state index in [0.717, 1.165) is 0 Å². The molecule has 1 aromatic heterocycles. The fourth-order valence-electron chi connectivity index (χ4n) is 3.71. The molecule has 2 heterocycles. The van der Waals surface area contributed by atoms with Gasteiger partial charge in [-0.05, 0) is 55.5 Å². The lowest BCUT2D eigenvalue weighted by Gasteiger charge is -2.27. The van der Waals surface area contributed by atoms with E-state index in [4.69, 9.17) is 26.2 Å². The summed E-state index contributed by atoms with van der Waals surface area (Å²) >= 11 is 6.02. The second-order valence-electron chi connectivity index (χ2n) is 8.33. The zero-order chi connectivity index (χ0) is 24.3. The van der Waals surface area contributed by atoms with Gasteiger partial charge in [-0.3, -0.25) is 9.59 Å². The van der Waals surface area contributed by atoms with Gasteiger partial charge in [-0.2, -0.15) is 0 Å². The summed E-state index contributed by atoms with van der Waals surface area (Å²) in [5.74, 6) is -1.47. The van der Waals surface area contributed by atoms with Gasteiger partial charge in [0.25, 0.3) is 5.91 Å². The van der Waals surface area contributed by atoms with Crippen LogP contribution in [0.2, 0.25) is 5.02 Å². The summed E-state index contributed by atoms with van der Waals surface area (Å²) < 4.78 is 36.5. The number of carboxylic acid groups (broad SMARTS) is 1. The van der Waals surface area contributed by atoms with E-state index in [9.17, 15) is 18.0 Å². The van der Waals surface area contributed by atoms with E-state index in [-0.39, 0.29) is 39.2 Å². The molecule has 182 valence electrons. The van der Waals surface area contributed by atoms with Crippen LogP contribution in [0.3, 0.4) is 0 Å². The van der Waals surface area contributed by atoms with Crippen molar-refractivity contribution in [1.82, 2.24) is 4.98 Å². The van der Waals surface area contributed by atoms with Gasteiger partial charge in [-0.15, -0.1) is 0 Å². The van der Waals surface area contributed by atoms with Crippen molar-refractivity contribution in [2.45, 2.75) is 54.5 Å². The molecule has 4 rings (SSSR count). The van der Waals surface area contributed by atoms with Crippen LogP contribution < -0.4 is 5.32 Å². The lowest BCUT2D eigenvalue weighted by molar-refractivity contribution is -0.136. The number of nitrogens with one attached hydrogen (secondary N) is 1. The molecule has 0 radical (unpaired) electrons. The van der Waals surface area contributed by atoms with E-state index >= 15 is 0 Å². The number of sulfone groups is 1. The van der Waals surface area contributed by atoms with Gasteiger partial charge in [0, 0.05) is 13.2 Å². The summed E-state index contributed by atoms with van der Waals surface area (Å²) in [4.78, 5) is 28.7. The van der Waals surface area contributed by atoms with Crippen LogP contribution in [-0.2, 0) is 35.3 Å². The number of rotatable bonds is 9. The van der Waals surface area contributed by atoms with Crippen LogP contribution in [0.4, 0.5) is 5.82 Å². The Morgan fingerprint density at radius 1 is 1.12 bits per heavy atom. The number of aromatic nitrogens is 1. The lowest BCUT2D eigenvalue weighted by atomic mass is 10.1. The summed E-state index contributed by atoms with van der Waals surface area (Å²) in [5.41, 5.74) is 0.627. The van der Waals surface area contributed by atoms with Crippen molar-refractivity contribution in [2.75, 3.05) is 18.5 Å². The zero-order valence-electron chi connectivity index (χ0n) is 18.3. The number of aliphatic carboxylic acids is 1. The van der Waals surface area contributed by atoms with Crippen LogP contribution >= 0.6 is 11.6 Å². The van der Waals surface area contributed by atoms with Gasteiger partial charge in [0.2, 0.25) is 0 Å². The minimum Gasteiger partial charge on any atom is -0.481 e. The van der Waals surface area contributed by atoms with Crippen molar-refractivity contribution in [1.29, 1.82) is 0 Å². The maximum Gasteiger partial charge on any atom is 0.309 e. The Kier molecular flexibility index (Phi) is 7.51. The normalized spacial score (nSPS) is 17.8. The van der Waals surface area contributed by atoms with Gasteiger partial charge in [0.05, 0.1) is 33.4 Å². The first kappa shape index (κ1) is 24.6. The van der Waals surface area contributed by atoms with Crippen LogP contribution in [0, 0.1) is 0 Å². The average molecular weight is 509 g/mol. The molecule has 2 aliphatic rings. The minimum atomic E-state index is -3.35. The number of pyridine rings is 1. The first-order valence-corrected chi connectivity index (χ1v) is 12.9. The minimum absolute atomic E-state index is 0.128. The van der Waals surface area contributed by atoms with Gasteiger partial charge in [-0.25, -0.2) is 13.4 Å². The van der Waals surface area contributed by atoms with Crippen LogP contribution in [0.25, 0.3) is 0 Å². The number of hydrogen-bond donors (Lipinski definition) is 2. The fourth-order valence-corrected chi connectivity index (χ4v) is 5.54. The van der Waals surface area contributed by atoms with E-state index < -0.39 is 27.8 Å². The number of anilines is 1. The summed E-state index contributed by atoms with van der Waals surface area (Å²) in [7, 11) is -3.35. The predicted molar refractivity (Wildman–Crippen MR) is 124 cm³/mol. The SMILES string of the molecule is O=C(O)Cc1nc(NC(=O)C(OC2CCOCC2)c2ccc(S(=O)(=O)C3CC3)cc2)ccc1Cl. The van der Waals surface area contributed by atoms with Crippen molar-refractivity contribution < 1.29 is 32.6 Å².